The van der Waals surface area contributed by atoms with Gasteiger partial charge in [-0.3, -0.25) is 0 Å². The van der Waals surface area contributed by atoms with Crippen LogP contribution in [0.1, 0.15) is 38.2 Å². The van der Waals surface area contributed by atoms with Gasteiger partial charge in [0.1, 0.15) is 5.82 Å². The van der Waals surface area contributed by atoms with Crippen LogP contribution >= 0.6 is 0 Å². The van der Waals surface area contributed by atoms with Gasteiger partial charge in [-0.15, -0.1) is 0 Å². The van der Waals surface area contributed by atoms with Gasteiger partial charge in [0.05, 0.1) is 5.69 Å². The summed E-state index contributed by atoms with van der Waals surface area (Å²) in [6, 6.07) is 2.08. The minimum atomic E-state index is 0.430. The highest BCUT2D eigenvalue weighted by atomic mass is 15.1. The molecule has 2 heterocycles. The molecule has 2 aliphatic rings. The van der Waals surface area contributed by atoms with Crippen LogP contribution in [0.5, 0.6) is 0 Å². The van der Waals surface area contributed by atoms with Gasteiger partial charge in [0.15, 0.2) is 0 Å². The Morgan fingerprint density at radius 3 is 2.72 bits per heavy atom. The first-order chi connectivity index (χ1) is 8.69. The van der Waals surface area contributed by atoms with Crippen molar-refractivity contribution in [3.63, 3.8) is 0 Å². The predicted octanol–water partition coefficient (Wildman–Crippen LogP) is 3.42. The zero-order valence-electron chi connectivity index (χ0n) is 11.4. The summed E-state index contributed by atoms with van der Waals surface area (Å²) in [6.45, 7) is 6.68. The lowest BCUT2D eigenvalue weighted by Crippen LogP contribution is -2.38. The Balaban J connectivity index is 1.80. The number of pyridine rings is 1. The molecule has 1 aromatic heterocycles. The smallest absolute Gasteiger partial charge is 0.149 e. The van der Waals surface area contributed by atoms with Gasteiger partial charge in [-0.2, -0.15) is 0 Å². The zero-order chi connectivity index (χ0) is 12.6. The Hall–Kier alpha value is -1.25. The van der Waals surface area contributed by atoms with E-state index in [9.17, 15) is 0 Å². The van der Waals surface area contributed by atoms with Crippen molar-refractivity contribution in [1.29, 1.82) is 0 Å². The number of nitrogens with zero attached hydrogens (tertiary/aromatic N) is 1. The fourth-order valence-corrected chi connectivity index (χ4v) is 3.25. The Morgan fingerprint density at radius 2 is 1.94 bits per heavy atom. The van der Waals surface area contributed by atoms with E-state index in [1.807, 2.05) is 6.20 Å². The Kier molecular flexibility index (Phi) is 2.92. The minimum Gasteiger partial charge on any atom is -0.381 e. The predicted molar refractivity (Wildman–Crippen MR) is 76.0 cm³/mol. The highest BCUT2D eigenvalue weighted by Crippen LogP contribution is 2.41. The van der Waals surface area contributed by atoms with Gasteiger partial charge in [0.25, 0.3) is 0 Å². The van der Waals surface area contributed by atoms with Gasteiger partial charge in [-0.25, -0.2) is 4.98 Å². The molecule has 98 valence electrons. The second kappa shape index (κ2) is 4.45. The normalized spacial score (nSPS) is 31.1. The summed E-state index contributed by atoms with van der Waals surface area (Å²) >= 11 is 0. The third kappa shape index (κ3) is 2.06. The zero-order valence-corrected chi connectivity index (χ0v) is 11.4. The number of hydrogen-bond acceptors (Lipinski definition) is 3. The van der Waals surface area contributed by atoms with Crippen molar-refractivity contribution in [2.45, 2.75) is 39.5 Å². The molecule has 2 N–H and O–H groups in total. The highest BCUT2D eigenvalue weighted by Gasteiger charge is 2.35. The number of rotatable bonds is 0. The van der Waals surface area contributed by atoms with E-state index < -0.39 is 0 Å². The molecule has 0 amide bonds. The molecule has 0 bridgehead atoms. The summed E-state index contributed by atoms with van der Waals surface area (Å²) in [5, 5.41) is 7.21. The van der Waals surface area contributed by atoms with Crippen molar-refractivity contribution >= 4 is 11.5 Å². The van der Waals surface area contributed by atoms with Gasteiger partial charge >= 0.3 is 0 Å². The number of aryl methyl sites for hydroxylation is 1. The number of aromatic nitrogens is 1. The average molecular weight is 245 g/mol. The fraction of sp³-hybridized carbons (Fsp3) is 0.667. The number of hydrogen-bond donors (Lipinski definition) is 2. The van der Waals surface area contributed by atoms with E-state index in [1.165, 1.54) is 36.9 Å². The Morgan fingerprint density at radius 1 is 1.22 bits per heavy atom. The Labute approximate surface area is 109 Å². The lowest BCUT2D eigenvalue weighted by atomic mass is 9.71. The fourth-order valence-electron chi connectivity index (χ4n) is 3.25. The van der Waals surface area contributed by atoms with E-state index >= 15 is 0 Å². The van der Waals surface area contributed by atoms with Crippen LogP contribution in [-0.2, 0) is 0 Å². The SMILES string of the molecule is Cc1ccnc2c1NCC1(CCC(C)CC1)CN2. The average Bonchev–Trinajstić information content (AvgIpc) is 2.56. The summed E-state index contributed by atoms with van der Waals surface area (Å²) in [4.78, 5) is 4.46. The number of anilines is 2. The summed E-state index contributed by atoms with van der Waals surface area (Å²) in [6.07, 6.45) is 7.30. The lowest BCUT2D eigenvalue weighted by Gasteiger charge is -2.38. The Bertz CT molecular complexity index is 433. The standard InChI is InChI=1S/C15H23N3/c1-11-3-6-15(7-4-11)9-17-13-12(2)5-8-16-14(13)18-10-15/h5,8,11,17H,3-4,6-7,9-10H2,1-2H3,(H,16,18). The maximum Gasteiger partial charge on any atom is 0.149 e. The van der Waals surface area contributed by atoms with Crippen molar-refractivity contribution in [2.24, 2.45) is 11.3 Å². The van der Waals surface area contributed by atoms with Crippen LogP contribution in [-0.4, -0.2) is 18.1 Å². The van der Waals surface area contributed by atoms with Crippen molar-refractivity contribution in [1.82, 2.24) is 4.98 Å². The molecule has 0 atom stereocenters. The summed E-state index contributed by atoms with van der Waals surface area (Å²) in [5.74, 6) is 1.94. The van der Waals surface area contributed by atoms with Gasteiger partial charge in [0.2, 0.25) is 0 Å². The molecule has 0 unspecified atom stereocenters. The largest absolute Gasteiger partial charge is 0.381 e. The van der Waals surface area contributed by atoms with Gasteiger partial charge < -0.3 is 10.6 Å². The second-order valence-electron chi connectivity index (χ2n) is 6.24. The van der Waals surface area contributed by atoms with E-state index in [0.717, 1.165) is 24.8 Å². The highest BCUT2D eigenvalue weighted by molar-refractivity contribution is 5.69. The van der Waals surface area contributed by atoms with E-state index in [1.54, 1.807) is 0 Å². The van der Waals surface area contributed by atoms with Crippen molar-refractivity contribution in [2.75, 3.05) is 23.7 Å². The van der Waals surface area contributed by atoms with Crippen LogP contribution in [0.4, 0.5) is 11.5 Å². The van der Waals surface area contributed by atoms with Gasteiger partial charge in [-0.1, -0.05) is 19.8 Å². The summed E-state index contributed by atoms with van der Waals surface area (Å²) in [5.41, 5.74) is 2.92. The maximum absolute atomic E-state index is 4.46. The monoisotopic (exact) mass is 245 g/mol. The summed E-state index contributed by atoms with van der Waals surface area (Å²) < 4.78 is 0. The van der Waals surface area contributed by atoms with Crippen molar-refractivity contribution < 1.29 is 0 Å². The maximum atomic E-state index is 4.46. The molecular weight excluding hydrogens is 222 g/mol. The molecule has 3 rings (SSSR count). The molecule has 3 nitrogen and oxygen atoms in total. The number of fused-ring (bicyclic) bond motifs is 1. The van der Waals surface area contributed by atoms with Gasteiger partial charge in [0, 0.05) is 24.7 Å². The van der Waals surface area contributed by atoms with Crippen LogP contribution in [0.25, 0.3) is 0 Å². The molecule has 0 saturated heterocycles. The van der Waals surface area contributed by atoms with Crippen LogP contribution in [0.2, 0.25) is 0 Å². The van der Waals surface area contributed by atoms with Crippen LogP contribution in [0.3, 0.4) is 0 Å². The first kappa shape index (κ1) is 11.8. The molecule has 1 saturated carbocycles. The molecule has 1 aliphatic carbocycles. The molecule has 1 aromatic rings. The topological polar surface area (TPSA) is 37.0 Å². The number of nitrogens with one attached hydrogen (secondary N) is 2. The van der Waals surface area contributed by atoms with E-state index in [-0.39, 0.29) is 0 Å². The molecule has 18 heavy (non-hydrogen) atoms. The summed E-state index contributed by atoms with van der Waals surface area (Å²) in [7, 11) is 0. The van der Waals surface area contributed by atoms with Crippen LogP contribution < -0.4 is 10.6 Å². The quantitative estimate of drug-likeness (QED) is 0.735. The second-order valence-corrected chi connectivity index (χ2v) is 6.24. The molecule has 0 aromatic carbocycles. The molecular formula is C15H23N3. The lowest BCUT2D eigenvalue weighted by molar-refractivity contribution is 0.185. The third-order valence-electron chi connectivity index (χ3n) is 4.77. The minimum absolute atomic E-state index is 0.430. The first-order valence-electron chi connectivity index (χ1n) is 7.12. The van der Waals surface area contributed by atoms with Crippen molar-refractivity contribution in [3.8, 4) is 0 Å². The third-order valence-corrected chi connectivity index (χ3v) is 4.77. The molecule has 1 aliphatic heterocycles. The molecule has 1 spiro atoms. The molecule has 0 radical (unpaired) electrons. The molecule has 3 heteroatoms. The first-order valence-corrected chi connectivity index (χ1v) is 7.12. The molecule has 1 fully saturated rings. The van der Waals surface area contributed by atoms with Crippen LogP contribution in [0.15, 0.2) is 12.3 Å². The van der Waals surface area contributed by atoms with Gasteiger partial charge in [-0.05, 0) is 37.3 Å². The van der Waals surface area contributed by atoms with E-state index in [2.05, 4.69) is 35.5 Å². The van der Waals surface area contributed by atoms with E-state index in [4.69, 9.17) is 0 Å². The van der Waals surface area contributed by atoms with E-state index in [0.29, 0.717) is 5.41 Å². The van der Waals surface area contributed by atoms with Crippen molar-refractivity contribution in [3.05, 3.63) is 17.8 Å². The van der Waals surface area contributed by atoms with Crippen LogP contribution in [0, 0.1) is 18.3 Å².